The maximum absolute atomic E-state index is 12.7. The van der Waals surface area contributed by atoms with Crippen LogP contribution < -0.4 is 5.32 Å². The van der Waals surface area contributed by atoms with E-state index in [4.69, 9.17) is 5.11 Å². The quantitative estimate of drug-likeness (QED) is 0.818. The zero-order valence-electron chi connectivity index (χ0n) is 13.5. The van der Waals surface area contributed by atoms with Gasteiger partial charge in [-0.2, -0.15) is 0 Å². The maximum atomic E-state index is 12.7. The lowest BCUT2D eigenvalue weighted by Gasteiger charge is -2.38. The summed E-state index contributed by atoms with van der Waals surface area (Å²) >= 11 is 0. The average Bonchev–Trinajstić information content (AvgIpc) is 2.50. The molecule has 1 aromatic rings. The molecule has 5 nitrogen and oxygen atoms in total. The van der Waals surface area contributed by atoms with Crippen LogP contribution in [0, 0.1) is 0 Å². The molecule has 1 amide bonds. The number of aliphatic hydroxyl groups is 1. The van der Waals surface area contributed by atoms with E-state index in [-0.39, 0.29) is 24.6 Å². The summed E-state index contributed by atoms with van der Waals surface area (Å²) in [6, 6.07) is 9.87. The molecule has 1 atom stereocenters. The normalized spacial score (nSPS) is 18.4. The van der Waals surface area contributed by atoms with E-state index in [0.29, 0.717) is 6.54 Å². The monoisotopic (exact) mass is 305 g/mol. The second-order valence-electron chi connectivity index (χ2n) is 6.08. The first-order chi connectivity index (χ1) is 10.6. The number of β-amino-alcohol motifs (C(OH)–C–C–N with tert-alkyl or cyclic N) is 1. The molecule has 1 heterocycles. The number of carbonyl (C=O) groups excluding carboxylic acids is 1. The van der Waals surface area contributed by atoms with Crippen LogP contribution in [0.1, 0.15) is 25.5 Å². The lowest BCUT2D eigenvalue weighted by Crippen LogP contribution is -2.52. The number of rotatable bonds is 6. The summed E-state index contributed by atoms with van der Waals surface area (Å²) in [6.07, 6.45) is 0. The predicted molar refractivity (Wildman–Crippen MR) is 87.6 cm³/mol. The minimum absolute atomic E-state index is 0.0665. The lowest BCUT2D eigenvalue weighted by molar-refractivity contribution is -0.128. The number of benzene rings is 1. The Morgan fingerprint density at radius 1 is 1.18 bits per heavy atom. The molecule has 0 unspecified atom stereocenters. The van der Waals surface area contributed by atoms with Gasteiger partial charge in [-0.25, -0.2) is 0 Å². The van der Waals surface area contributed by atoms with E-state index >= 15 is 0 Å². The van der Waals surface area contributed by atoms with Crippen molar-refractivity contribution in [2.75, 3.05) is 39.3 Å². The van der Waals surface area contributed by atoms with Crippen LogP contribution in [0.3, 0.4) is 0 Å². The van der Waals surface area contributed by atoms with Crippen molar-refractivity contribution >= 4 is 5.91 Å². The molecule has 22 heavy (non-hydrogen) atoms. The SMILES string of the molecule is CC(C)NC(=O)[C@@H](c1ccccc1)N1CCN(CCO)CC1. The fraction of sp³-hybridized carbons (Fsp3) is 0.588. The number of carbonyl (C=O) groups is 1. The number of hydrogen-bond acceptors (Lipinski definition) is 4. The smallest absolute Gasteiger partial charge is 0.242 e. The summed E-state index contributed by atoms with van der Waals surface area (Å²) in [6.45, 7) is 8.32. The number of amides is 1. The van der Waals surface area contributed by atoms with Crippen LogP contribution in [0.15, 0.2) is 30.3 Å². The third-order valence-corrected chi connectivity index (χ3v) is 3.98. The van der Waals surface area contributed by atoms with Crippen molar-refractivity contribution in [1.29, 1.82) is 0 Å². The van der Waals surface area contributed by atoms with Gasteiger partial charge in [0, 0.05) is 38.8 Å². The molecule has 1 aliphatic heterocycles. The molecule has 0 spiro atoms. The van der Waals surface area contributed by atoms with Gasteiger partial charge in [-0.15, -0.1) is 0 Å². The van der Waals surface area contributed by atoms with E-state index in [1.54, 1.807) is 0 Å². The van der Waals surface area contributed by atoms with Crippen LogP contribution in [0.2, 0.25) is 0 Å². The van der Waals surface area contributed by atoms with Gasteiger partial charge in [-0.3, -0.25) is 14.6 Å². The summed E-state index contributed by atoms with van der Waals surface area (Å²) in [5, 5.41) is 12.1. The molecule has 1 aliphatic rings. The highest BCUT2D eigenvalue weighted by Gasteiger charge is 2.30. The highest BCUT2D eigenvalue weighted by Crippen LogP contribution is 2.22. The molecule has 0 aromatic heterocycles. The van der Waals surface area contributed by atoms with Gasteiger partial charge in [-0.05, 0) is 19.4 Å². The molecular weight excluding hydrogens is 278 g/mol. The Balaban J connectivity index is 2.10. The van der Waals surface area contributed by atoms with Gasteiger partial charge in [0.15, 0.2) is 0 Å². The molecule has 0 bridgehead atoms. The van der Waals surface area contributed by atoms with E-state index in [1.165, 1.54) is 0 Å². The second-order valence-corrected chi connectivity index (χ2v) is 6.08. The Kier molecular flexibility index (Phi) is 6.36. The Labute approximate surface area is 132 Å². The molecule has 0 aliphatic carbocycles. The highest BCUT2D eigenvalue weighted by atomic mass is 16.3. The van der Waals surface area contributed by atoms with Gasteiger partial charge in [0.2, 0.25) is 5.91 Å². The molecule has 1 aromatic carbocycles. The van der Waals surface area contributed by atoms with Crippen LogP contribution in [-0.2, 0) is 4.79 Å². The van der Waals surface area contributed by atoms with Gasteiger partial charge in [-0.1, -0.05) is 30.3 Å². The average molecular weight is 305 g/mol. The lowest BCUT2D eigenvalue weighted by atomic mass is 10.0. The van der Waals surface area contributed by atoms with Crippen molar-refractivity contribution < 1.29 is 9.90 Å². The molecule has 1 fully saturated rings. The van der Waals surface area contributed by atoms with Crippen LogP contribution in [0.5, 0.6) is 0 Å². The zero-order valence-corrected chi connectivity index (χ0v) is 13.5. The van der Waals surface area contributed by atoms with E-state index in [1.807, 2.05) is 44.2 Å². The van der Waals surface area contributed by atoms with Crippen molar-refractivity contribution in [2.45, 2.75) is 25.9 Å². The van der Waals surface area contributed by atoms with Crippen molar-refractivity contribution in [1.82, 2.24) is 15.1 Å². The Morgan fingerprint density at radius 2 is 1.82 bits per heavy atom. The third kappa shape index (κ3) is 4.53. The van der Waals surface area contributed by atoms with Gasteiger partial charge in [0.05, 0.1) is 6.61 Å². The summed E-state index contributed by atoms with van der Waals surface area (Å²) in [5.41, 5.74) is 1.04. The van der Waals surface area contributed by atoms with E-state index in [9.17, 15) is 4.79 Å². The first-order valence-electron chi connectivity index (χ1n) is 8.04. The standard InChI is InChI=1S/C17H27N3O2/c1-14(2)18-17(22)16(15-6-4-3-5-7-15)20-10-8-19(9-11-20)12-13-21/h3-7,14,16,21H,8-13H2,1-2H3,(H,18,22)/t16-/m1/s1. The number of hydrogen-bond donors (Lipinski definition) is 2. The number of aliphatic hydroxyl groups excluding tert-OH is 1. The highest BCUT2D eigenvalue weighted by molar-refractivity contribution is 5.83. The molecule has 5 heteroatoms. The minimum atomic E-state index is -0.236. The fourth-order valence-electron chi connectivity index (χ4n) is 2.91. The van der Waals surface area contributed by atoms with Crippen LogP contribution in [0.25, 0.3) is 0 Å². The second kappa shape index (κ2) is 8.27. The third-order valence-electron chi connectivity index (χ3n) is 3.98. The Hall–Kier alpha value is -1.43. The van der Waals surface area contributed by atoms with Gasteiger partial charge >= 0.3 is 0 Å². The number of piperazine rings is 1. The fourth-order valence-corrected chi connectivity index (χ4v) is 2.91. The van der Waals surface area contributed by atoms with Crippen LogP contribution >= 0.6 is 0 Å². The predicted octanol–water partition coefficient (Wildman–Crippen LogP) is 0.862. The summed E-state index contributed by atoms with van der Waals surface area (Å²) in [7, 11) is 0. The van der Waals surface area contributed by atoms with Gasteiger partial charge < -0.3 is 10.4 Å². The first kappa shape index (κ1) is 16.9. The summed E-state index contributed by atoms with van der Waals surface area (Å²) < 4.78 is 0. The van der Waals surface area contributed by atoms with E-state index in [0.717, 1.165) is 31.7 Å². The minimum Gasteiger partial charge on any atom is -0.395 e. The maximum Gasteiger partial charge on any atom is 0.242 e. The van der Waals surface area contributed by atoms with Crippen molar-refractivity contribution in [3.63, 3.8) is 0 Å². The molecule has 0 saturated carbocycles. The Morgan fingerprint density at radius 3 is 2.36 bits per heavy atom. The van der Waals surface area contributed by atoms with Crippen LogP contribution in [0.4, 0.5) is 0 Å². The van der Waals surface area contributed by atoms with Crippen molar-refractivity contribution in [3.05, 3.63) is 35.9 Å². The van der Waals surface area contributed by atoms with E-state index in [2.05, 4.69) is 15.1 Å². The molecule has 122 valence electrons. The number of nitrogens with one attached hydrogen (secondary N) is 1. The topological polar surface area (TPSA) is 55.8 Å². The van der Waals surface area contributed by atoms with Crippen molar-refractivity contribution in [3.8, 4) is 0 Å². The molecule has 0 radical (unpaired) electrons. The zero-order chi connectivity index (χ0) is 15.9. The van der Waals surface area contributed by atoms with Crippen molar-refractivity contribution in [2.24, 2.45) is 0 Å². The first-order valence-corrected chi connectivity index (χ1v) is 8.04. The van der Waals surface area contributed by atoms with Gasteiger partial charge in [0.1, 0.15) is 6.04 Å². The van der Waals surface area contributed by atoms with Crippen LogP contribution in [-0.4, -0.2) is 66.2 Å². The van der Waals surface area contributed by atoms with Gasteiger partial charge in [0.25, 0.3) is 0 Å². The molecule has 2 N–H and O–H groups in total. The molecule has 2 rings (SSSR count). The van der Waals surface area contributed by atoms with E-state index < -0.39 is 0 Å². The molecular formula is C17H27N3O2. The Bertz CT molecular complexity index is 456. The molecule has 1 saturated heterocycles. The summed E-state index contributed by atoms with van der Waals surface area (Å²) in [5.74, 6) is 0.0665. The number of nitrogens with zero attached hydrogens (tertiary/aromatic N) is 2. The largest absolute Gasteiger partial charge is 0.395 e. The summed E-state index contributed by atoms with van der Waals surface area (Å²) in [4.78, 5) is 17.1.